The van der Waals surface area contributed by atoms with Crippen LogP contribution in [0.2, 0.25) is 0 Å². The van der Waals surface area contributed by atoms with Gasteiger partial charge in [0.2, 0.25) is 5.91 Å². The van der Waals surface area contributed by atoms with E-state index in [4.69, 9.17) is 4.74 Å². The number of methoxy groups -OCH3 is 1. The van der Waals surface area contributed by atoms with E-state index in [2.05, 4.69) is 54.2 Å². The Hall–Kier alpha value is -3.15. The molecule has 5 heteroatoms. The van der Waals surface area contributed by atoms with Crippen LogP contribution in [-0.2, 0) is 4.79 Å². The number of ether oxygens (including phenoxy) is 1. The zero-order valence-corrected chi connectivity index (χ0v) is 17.1. The average molecular weight is 399 g/mol. The van der Waals surface area contributed by atoms with Gasteiger partial charge in [-0.2, -0.15) is 0 Å². The molecular formula is C25H25N3O2. The number of aryl methyl sites for hydroxylation is 1. The van der Waals surface area contributed by atoms with Crippen molar-refractivity contribution in [1.82, 2.24) is 10.9 Å². The molecule has 0 radical (unpaired) electrons. The number of anilines is 1. The molecule has 2 saturated heterocycles. The molecule has 5 nitrogen and oxygen atoms in total. The molecule has 1 amide bonds. The molecule has 2 fully saturated rings. The summed E-state index contributed by atoms with van der Waals surface area (Å²) in [6, 6.07) is 26.2. The van der Waals surface area contributed by atoms with Crippen LogP contribution in [0.3, 0.4) is 0 Å². The number of nitrogens with one attached hydrogen (secondary N) is 2. The van der Waals surface area contributed by atoms with Gasteiger partial charge in [0, 0.05) is 11.6 Å². The average Bonchev–Trinajstić information content (AvgIpc) is 3.34. The Labute approximate surface area is 176 Å². The fraction of sp³-hybridized carbons (Fsp3) is 0.240. The van der Waals surface area contributed by atoms with Gasteiger partial charge >= 0.3 is 0 Å². The number of carbonyl (C=O) groups is 1. The number of carbonyl (C=O) groups excluding carboxylic acids is 1. The molecule has 5 rings (SSSR count). The van der Waals surface area contributed by atoms with Crippen LogP contribution in [0.4, 0.5) is 5.69 Å². The topological polar surface area (TPSA) is 53.6 Å². The van der Waals surface area contributed by atoms with Crippen LogP contribution in [0.5, 0.6) is 5.75 Å². The van der Waals surface area contributed by atoms with Crippen molar-refractivity contribution in [2.24, 2.45) is 5.92 Å². The van der Waals surface area contributed by atoms with E-state index in [1.54, 1.807) is 7.11 Å². The van der Waals surface area contributed by atoms with Gasteiger partial charge in [-0.3, -0.25) is 4.79 Å². The quantitative estimate of drug-likeness (QED) is 0.698. The first kappa shape index (κ1) is 18.9. The lowest BCUT2D eigenvalue weighted by Gasteiger charge is -2.31. The molecule has 2 aliphatic heterocycles. The molecule has 3 aromatic rings. The third kappa shape index (κ3) is 3.07. The summed E-state index contributed by atoms with van der Waals surface area (Å²) in [6.07, 6.45) is 0. The summed E-state index contributed by atoms with van der Waals surface area (Å²) in [4.78, 5) is 15.5. The minimum absolute atomic E-state index is 0.0281. The van der Waals surface area contributed by atoms with Gasteiger partial charge in [-0.05, 0) is 42.3 Å². The van der Waals surface area contributed by atoms with Crippen molar-refractivity contribution in [2.75, 3.05) is 12.0 Å². The normalized spacial score (nSPS) is 25.4. The van der Waals surface area contributed by atoms with E-state index in [1.165, 1.54) is 11.1 Å². The number of fused-ring (bicyclic) bond motifs is 1. The predicted molar refractivity (Wildman–Crippen MR) is 117 cm³/mol. The van der Waals surface area contributed by atoms with E-state index in [-0.39, 0.29) is 30.0 Å². The SMILES string of the molecule is COc1ccc(C2C3C(NNC3c3ccc(C)cc3)C(=O)N2c2ccccc2)cc1. The molecule has 2 N–H and O–H groups in total. The molecule has 0 bridgehead atoms. The number of hydrogen-bond acceptors (Lipinski definition) is 4. The van der Waals surface area contributed by atoms with Crippen molar-refractivity contribution in [3.63, 3.8) is 0 Å². The molecule has 30 heavy (non-hydrogen) atoms. The Kier molecular flexibility index (Phi) is 4.77. The lowest BCUT2D eigenvalue weighted by atomic mass is 9.83. The van der Waals surface area contributed by atoms with Gasteiger partial charge in [0.05, 0.1) is 19.2 Å². The van der Waals surface area contributed by atoms with Gasteiger partial charge in [-0.1, -0.05) is 60.2 Å². The van der Waals surface area contributed by atoms with Crippen molar-refractivity contribution in [3.05, 3.63) is 95.6 Å². The van der Waals surface area contributed by atoms with Crippen LogP contribution < -0.4 is 20.5 Å². The van der Waals surface area contributed by atoms with Crippen molar-refractivity contribution in [1.29, 1.82) is 0 Å². The van der Waals surface area contributed by atoms with E-state index < -0.39 is 0 Å². The maximum Gasteiger partial charge on any atom is 0.246 e. The third-order valence-electron chi connectivity index (χ3n) is 6.24. The zero-order chi connectivity index (χ0) is 20.7. The summed E-state index contributed by atoms with van der Waals surface area (Å²) in [5, 5.41) is 0. The molecule has 0 saturated carbocycles. The second kappa shape index (κ2) is 7.59. The molecule has 2 aliphatic rings. The third-order valence-corrected chi connectivity index (χ3v) is 6.24. The van der Waals surface area contributed by atoms with Gasteiger partial charge < -0.3 is 9.64 Å². The summed E-state index contributed by atoms with van der Waals surface area (Å²) >= 11 is 0. The van der Waals surface area contributed by atoms with E-state index in [1.807, 2.05) is 47.4 Å². The largest absolute Gasteiger partial charge is 0.497 e. The first-order chi connectivity index (χ1) is 14.7. The second-order valence-corrected chi connectivity index (χ2v) is 7.99. The molecule has 0 spiro atoms. The van der Waals surface area contributed by atoms with E-state index in [0.717, 1.165) is 17.0 Å². The molecule has 152 valence electrons. The lowest BCUT2D eigenvalue weighted by Crippen LogP contribution is -2.41. The number of rotatable bonds is 4. The highest BCUT2D eigenvalue weighted by atomic mass is 16.5. The first-order valence-corrected chi connectivity index (χ1v) is 10.3. The van der Waals surface area contributed by atoms with E-state index >= 15 is 0 Å². The van der Waals surface area contributed by atoms with E-state index in [0.29, 0.717) is 0 Å². The number of nitrogens with zero attached hydrogens (tertiary/aromatic N) is 1. The van der Waals surface area contributed by atoms with Crippen LogP contribution in [0.15, 0.2) is 78.9 Å². The number of benzene rings is 3. The van der Waals surface area contributed by atoms with Crippen molar-refractivity contribution in [3.8, 4) is 5.75 Å². The standard InChI is InChI=1S/C25H25N3O2/c1-16-8-10-17(11-9-16)22-21-23(27-26-22)25(29)28(19-6-4-3-5-7-19)24(21)18-12-14-20(30-2)15-13-18/h3-15,21-24,26-27H,1-2H3. The smallest absolute Gasteiger partial charge is 0.246 e. The number of hydrazine groups is 1. The summed E-state index contributed by atoms with van der Waals surface area (Å²) in [5.74, 6) is 0.951. The van der Waals surface area contributed by atoms with Gasteiger partial charge in [-0.15, -0.1) is 0 Å². The Morgan fingerprint density at radius 3 is 2.10 bits per heavy atom. The van der Waals surface area contributed by atoms with E-state index in [9.17, 15) is 4.79 Å². The van der Waals surface area contributed by atoms with Crippen LogP contribution in [-0.4, -0.2) is 19.1 Å². The fourth-order valence-corrected chi connectivity index (χ4v) is 4.74. The van der Waals surface area contributed by atoms with Crippen molar-refractivity contribution in [2.45, 2.75) is 25.0 Å². The number of para-hydroxylation sites is 1. The summed E-state index contributed by atoms with van der Waals surface area (Å²) in [5.41, 5.74) is 11.1. The number of hydrogen-bond donors (Lipinski definition) is 2. The number of amides is 1. The predicted octanol–water partition coefficient (Wildman–Crippen LogP) is 3.93. The molecule has 2 heterocycles. The Balaban J connectivity index is 1.61. The minimum atomic E-state index is -0.288. The Morgan fingerprint density at radius 2 is 1.43 bits per heavy atom. The van der Waals surface area contributed by atoms with Crippen LogP contribution >= 0.6 is 0 Å². The maximum absolute atomic E-state index is 13.5. The van der Waals surface area contributed by atoms with Crippen LogP contribution in [0.1, 0.15) is 28.8 Å². The highest BCUT2D eigenvalue weighted by Crippen LogP contribution is 2.49. The fourth-order valence-electron chi connectivity index (χ4n) is 4.74. The molecule has 4 unspecified atom stereocenters. The monoisotopic (exact) mass is 399 g/mol. The zero-order valence-electron chi connectivity index (χ0n) is 17.1. The van der Waals surface area contributed by atoms with Gasteiger partial charge in [0.15, 0.2) is 0 Å². The molecular weight excluding hydrogens is 374 g/mol. The maximum atomic E-state index is 13.5. The summed E-state index contributed by atoms with van der Waals surface area (Å²) in [6.45, 7) is 2.09. The molecule has 0 aromatic heterocycles. The Bertz CT molecular complexity index is 1030. The second-order valence-electron chi connectivity index (χ2n) is 7.99. The Morgan fingerprint density at radius 1 is 0.800 bits per heavy atom. The highest BCUT2D eigenvalue weighted by Gasteiger charge is 2.55. The summed E-state index contributed by atoms with van der Waals surface area (Å²) in [7, 11) is 1.67. The lowest BCUT2D eigenvalue weighted by molar-refractivity contribution is -0.119. The van der Waals surface area contributed by atoms with Crippen molar-refractivity contribution >= 4 is 11.6 Å². The minimum Gasteiger partial charge on any atom is -0.497 e. The van der Waals surface area contributed by atoms with Gasteiger partial charge in [0.1, 0.15) is 11.8 Å². The van der Waals surface area contributed by atoms with Gasteiger partial charge in [0.25, 0.3) is 0 Å². The summed E-state index contributed by atoms with van der Waals surface area (Å²) < 4.78 is 5.35. The highest BCUT2D eigenvalue weighted by molar-refractivity contribution is 6.01. The molecule has 4 atom stereocenters. The first-order valence-electron chi connectivity index (χ1n) is 10.3. The molecule has 3 aromatic carbocycles. The van der Waals surface area contributed by atoms with Crippen LogP contribution in [0, 0.1) is 12.8 Å². The molecule has 0 aliphatic carbocycles. The van der Waals surface area contributed by atoms with Crippen molar-refractivity contribution < 1.29 is 9.53 Å². The van der Waals surface area contributed by atoms with Gasteiger partial charge in [-0.25, -0.2) is 10.9 Å². The van der Waals surface area contributed by atoms with Crippen LogP contribution in [0.25, 0.3) is 0 Å².